The van der Waals surface area contributed by atoms with Crippen molar-refractivity contribution in [3.8, 4) is 5.75 Å². The maximum Gasteiger partial charge on any atom is 0.206 e. The summed E-state index contributed by atoms with van der Waals surface area (Å²) in [5.74, 6) is 0.634. The van der Waals surface area contributed by atoms with E-state index in [1.807, 2.05) is 24.3 Å². The highest BCUT2D eigenvalue weighted by atomic mass is 16.5. The summed E-state index contributed by atoms with van der Waals surface area (Å²) >= 11 is 0. The Labute approximate surface area is 111 Å². The second-order valence-corrected chi connectivity index (χ2v) is 3.96. The van der Waals surface area contributed by atoms with Gasteiger partial charge in [0, 0.05) is 12.4 Å². The summed E-state index contributed by atoms with van der Waals surface area (Å²) in [5, 5.41) is 0. The molecule has 2 aromatic rings. The van der Waals surface area contributed by atoms with Gasteiger partial charge in [-0.3, -0.25) is 9.78 Å². The molecule has 0 unspecified atom stereocenters. The zero-order chi connectivity index (χ0) is 13.7. The Kier molecular flexibility index (Phi) is 4.03. The molecule has 1 heterocycles. The average molecular weight is 254 g/mol. The van der Waals surface area contributed by atoms with E-state index in [2.05, 4.69) is 9.97 Å². The van der Waals surface area contributed by atoms with Crippen molar-refractivity contribution < 1.29 is 9.53 Å². The smallest absolute Gasteiger partial charge is 0.206 e. The fourth-order valence-corrected chi connectivity index (χ4v) is 1.62. The largest absolute Gasteiger partial charge is 0.497 e. The number of ketones is 1. The molecule has 0 atom stereocenters. The molecule has 96 valence electrons. The molecule has 0 spiro atoms. The van der Waals surface area contributed by atoms with Gasteiger partial charge in [0.05, 0.1) is 12.8 Å². The van der Waals surface area contributed by atoms with Crippen molar-refractivity contribution in [2.24, 2.45) is 0 Å². The number of hydrogen-bond acceptors (Lipinski definition) is 4. The molecule has 0 bridgehead atoms. The first kappa shape index (κ1) is 13.0. The van der Waals surface area contributed by atoms with Gasteiger partial charge >= 0.3 is 0 Å². The Bertz CT molecular complexity index is 604. The lowest BCUT2D eigenvalue weighted by Gasteiger charge is -2.00. The molecule has 0 amide bonds. The molecule has 0 aliphatic heterocycles. The lowest BCUT2D eigenvalue weighted by Crippen LogP contribution is -2.02. The molecule has 0 aliphatic carbocycles. The second kappa shape index (κ2) is 5.91. The van der Waals surface area contributed by atoms with E-state index in [9.17, 15) is 4.79 Å². The fourth-order valence-electron chi connectivity index (χ4n) is 1.62. The minimum atomic E-state index is -0.151. The van der Waals surface area contributed by atoms with Gasteiger partial charge in [0.2, 0.25) is 5.78 Å². The first-order valence-corrected chi connectivity index (χ1v) is 5.85. The van der Waals surface area contributed by atoms with E-state index in [-0.39, 0.29) is 5.78 Å². The van der Waals surface area contributed by atoms with E-state index in [0.717, 1.165) is 11.3 Å². The van der Waals surface area contributed by atoms with Crippen molar-refractivity contribution >= 4 is 11.9 Å². The standard InChI is InChI=1S/C15H14N2O2/c1-11-15(17-10-9-16-11)14(18)8-5-12-3-6-13(19-2)7-4-12/h3-10H,1-2H3/b8-5+. The van der Waals surface area contributed by atoms with E-state index in [4.69, 9.17) is 4.74 Å². The van der Waals surface area contributed by atoms with Gasteiger partial charge in [-0.05, 0) is 30.7 Å². The molecular weight excluding hydrogens is 240 g/mol. The van der Waals surface area contributed by atoms with Crippen LogP contribution in [0.5, 0.6) is 5.75 Å². The Morgan fingerprint density at radius 1 is 1.16 bits per heavy atom. The normalized spacial score (nSPS) is 10.6. The zero-order valence-electron chi connectivity index (χ0n) is 10.8. The summed E-state index contributed by atoms with van der Waals surface area (Å²) in [7, 11) is 1.62. The third-order valence-electron chi connectivity index (χ3n) is 2.66. The van der Waals surface area contributed by atoms with Crippen LogP contribution in [-0.2, 0) is 0 Å². The maximum absolute atomic E-state index is 11.9. The first-order valence-electron chi connectivity index (χ1n) is 5.85. The van der Waals surface area contributed by atoms with Gasteiger partial charge in [-0.2, -0.15) is 0 Å². The Morgan fingerprint density at radius 3 is 2.47 bits per heavy atom. The maximum atomic E-state index is 11.9. The average Bonchev–Trinajstić information content (AvgIpc) is 2.46. The van der Waals surface area contributed by atoms with E-state index >= 15 is 0 Å². The number of benzene rings is 1. The van der Waals surface area contributed by atoms with Crippen LogP contribution >= 0.6 is 0 Å². The SMILES string of the molecule is COc1ccc(/C=C/C(=O)c2nccnc2C)cc1. The van der Waals surface area contributed by atoms with E-state index in [1.165, 1.54) is 12.3 Å². The molecule has 0 aliphatic rings. The van der Waals surface area contributed by atoms with Gasteiger partial charge in [0.15, 0.2) is 0 Å². The van der Waals surface area contributed by atoms with E-state index < -0.39 is 0 Å². The van der Waals surface area contributed by atoms with Crippen LogP contribution in [0, 0.1) is 6.92 Å². The van der Waals surface area contributed by atoms with Gasteiger partial charge in [0.1, 0.15) is 11.4 Å². The minimum Gasteiger partial charge on any atom is -0.497 e. The zero-order valence-corrected chi connectivity index (χ0v) is 10.8. The van der Waals surface area contributed by atoms with E-state index in [1.54, 1.807) is 26.3 Å². The third kappa shape index (κ3) is 3.25. The van der Waals surface area contributed by atoms with Crippen molar-refractivity contribution in [3.63, 3.8) is 0 Å². The van der Waals surface area contributed by atoms with Crippen LogP contribution in [0.25, 0.3) is 6.08 Å². The number of hydrogen-bond donors (Lipinski definition) is 0. The van der Waals surface area contributed by atoms with Crippen LogP contribution in [0.4, 0.5) is 0 Å². The van der Waals surface area contributed by atoms with Crippen LogP contribution < -0.4 is 4.74 Å². The van der Waals surface area contributed by atoms with Gasteiger partial charge in [-0.25, -0.2) is 4.98 Å². The molecule has 0 N–H and O–H groups in total. The number of ether oxygens (including phenoxy) is 1. The van der Waals surface area contributed by atoms with Crippen molar-refractivity contribution in [3.05, 3.63) is 59.7 Å². The van der Waals surface area contributed by atoms with Crippen LogP contribution in [-0.4, -0.2) is 22.9 Å². The molecule has 2 rings (SSSR count). The number of rotatable bonds is 4. The number of aromatic nitrogens is 2. The molecule has 0 radical (unpaired) electrons. The number of aryl methyl sites for hydroxylation is 1. The van der Waals surface area contributed by atoms with Gasteiger partial charge in [-0.15, -0.1) is 0 Å². The summed E-state index contributed by atoms with van der Waals surface area (Å²) in [5.41, 5.74) is 1.94. The summed E-state index contributed by atoms with van der Waals surface area (Å²) in [6.45, 7) is 1.77. The highest BCUT2D eigenvalue weighted by molar-refractivity contribution is 6.06. The molecule has 19 heavy (non-hydrogen) atoms. The Hall–Kier alpha value is -2.49. The molecule has 0 fully saturated rings. The molecular formula is C15H14N2O2. The number of carbonyl (C=O) groups is 1. The van der Waals surface area contributed by atoms with Crippen LogP contribution in [0.2, 0.25) is 0 Å². The quantitative estimate of drug-likeness (QED) is 0.621. The van der Waals surface area contributed by atoms with Crippen LogP contribution in [0.3, 0.4) is 0 Å². The fraction of sp³-hybridized carbons (Fsp3) is 0.133. The molecule has 1 aromatic carbocycles. The molecule has 4 nitrogen and oxygen atoms in total. The minimum absolute atomic E-state index is 0.151. The van der Waals surface area contributed by atoms with Crippen LogP contribution in [0.1, 0.15) is 21.7 Å². The summed E-state index contributed by atoms with van der Waals surface area (Å²) in [4.78, 5) is 20.0. The van der Waals surface area contributed by atoms with Crippen molar-refractivity contribution in [2.75, 3.05) is 7.11 Å². The summed E-state index contributed by atoms with van der Waals surface area (Å²) in [6.07, 6.45) is 6.33. The highest BCUT2D eigenvalue weighted by Crippen LogP contribution is 2.12. The second-order valence-electron chi connectivity index (χ2n) is 3.96. The Morgan fingerprint density at radius 2 is 1.84 bits per heavy atom. The number of methoxy groups -OCH3 is 1. The molecule has 4 heteroatoms. The van der Waals surface area contributed by atoms with Crippen molar-refractivity contribution in [1.82, 2.24) is 9.97 Å². The number of allylic oxidation sites excluding steroid dienone is 1. The molecule has 0 saturated heterocycles. The molecule has 0 saturated carbocycles. The van der Waals surface area contributed by atoms with Gasteiger partial charge in [-0.1, -0.05) is 18.2 Å². The van der Waals surface area contributed by atoms with Gasteiger partial charge < -0.3 is 4.74 Å². The van der Waals surface area contributed by atoms with E-state index in [0.29, 0.717) is 11.4 Å². The number of carbonyl (C=O) groups excluding carboxylic acids is 1. The first-order chi connectivity index (χ1) is 9.20. The lowest BCUT2D eigenvalue weighted by atomic mass is 10.1. The third-order valence-corrected chi connectivity index (χ3v) is 2.66. The van der Waals surface area contributed by atoms with Crippen LogP contribution in [0.15, 0.2) is 42.7 Å². The van der Waals surface area contributed by atoms with Crippen molar-refractivity contribution in [2.45, 2.75) is 6.92 Å². The summed E-state index contributed by atoms with van der Waals surface area (Å²) < 4.78 is 5.07. The Balaban J connectivity index is 2.14. The van der Waals surface area contributed by atoms with Crippen molar-refractivity contribution in [1.29, 1.82) is 0 Å². The summed E-state index contributed by atoms with van der Waals surface area (Å²) in [6, 6.07) is 7.45. The topological polar surface area (TPSA) is 52.1 Å². The lowest BCUT2D eigenvalue weighted by molar-refractivity contribution is 0.104. The highest BCUT2D eigenvalue weighted by Gasteiger charge is 2.07. The predicted molar refractivity (Wildman–Crippen MR) is 73.1 cm³/mol. The van der Waals surface area contributed by atoms with Gasteiger partial charge in [0.25, 0.3) is 0 Å². The monoisotopic (exact) mass is 254 g/mol. The number of nitrogens with zero attached hydrogens (tertiary/aromatic N) is 2. The molecule has 1 aromatic heterocycles. The predicted octanol–water partition coefficient (Wildman–Crippen LogP) is 2.69.